The molecule has 0 saturated carbocycles. The van der Waals surface area contributed by atoms with Crippen LogP contribution in [0.3, 0.4) is 0 Å². The van der Waals surface area contributed by atoms with Gasteiger partial charge in [-0.05, 0) is 42.8 Å². The Bertz CT molecular complexity index is 1020. The molecule has 1 N–H and O–H groups in total. The molecule has 4 rings (SSSR count). The number of hydrogen-bond acceptors (Lipinski definition) is 4. The van der Waals surface area contributed by atoms with Crippen molar-refractivity contribution >= 4 is 33.3 Å². The number of aryl methyl sites for hydroxylation is 1. The summed E-state index contributed by atoms with van der Waals surface area (Å²) in [6, 6.07) is 19.3. The number of fused-ring (bicyclic) bond motifs is 1. The predicted octanol–water partition coefficient (Wildman–Crippen LogP) is 4.92. The summed E-state index contributed by atoms with van der Waals surface area (Å²) in [5.41, 5.74) is 3.51. The molecule has 25 heavy (non-hydrogen) atoms. The van der Waals surface area contributed by atoms with Crippen LogP contribution in [-0.2, 0) is 0 Å². The third-order valence-electron chi connectivity index (χ3n) is 3.94. The maximum Gasteiger partial charge on any atom is 0.257 e. The van der Waals surface area contributed by atoms with Gasteiger partial charge in [-0.3, -0.25) is 4.79 Å². The summed E-state index contributed by atoms with van der Waals surface area (Å²) in [4.78, 5) is 21.3. The van der Waals surface area contributed by atoms with Gasteiger partial charge in [0.1, 0.15) is 10.8 Å². The van der Waals surface area contributed by atoms with Crippen molar-refractivity contribution in [3.05, 3.63) is 78.0 Å². The monoisotopic (exact) mass is 345 g/mol. The van der Waals surface area contributed by atoms with Crippen molar-refractivity contribution in [2.45, 2.75) is 6.92 Å². The van der Waals surface area contributed by atoms with E-state index in [1.165, 1.54) is 0 Å². The van der Waals surface area contributed by atoms with Crippen LogP contribution in [-0.4, -0.2) is 15.9 Å². The molecule has 4 aromatic rings. The van der Waals surface area contributed by atoms with Gasteiger partial charge in [0.2, 0.25) is 0 Å². The molecule has 2 heterocycles. The molecular weight excluding hydrogens is 330 g/mol. The number of aromatic nitrogens is 2. The molecule has 0 fully saturated rings. The zero-order valence-electron chi connectivity index (χ0n) is 13.6. The van der Waals surface area contributed by atoms with E-state index in [1.807, 2.05) is 49.4 Å². The minimum Gasteiger partial charge on any atom is -0.307 e. The van der Waals surface area contributed by atoms with Crippen LogP contribution < -0.4 is 5.32 Å². The van der Waals surface area contributed by atoms with E-state index in [1.54, 1.807) is 29.7 Å². The molecule has 0 aliphatic rings. The highest BCUT2D eigenvalue weighted by molar-refractivity contribution is 7.21. The second-order valence-electron chi connectivity index (χ2n) is 5.69. The number of anilines is 1. The normalized spacial score (nSPS) is 10.8. The molecule has 5 heteroatoms. The molecule has 0 saturated heterocycles. The van der Waals surface area contributed by atoms with Gasteiger partial charge in [-0.1, -0.05) is 30.3 Å². The summed E-state index contributed by atoms with van der Waals surface area (Å²) in [7, 11) is 0. The number of amides is 1. The first-order valence-corrected chi connectivity index (χ1v) is 8.71. The van der Waals surface area contributed by atoms with E-state index >= 15 is 0 Å². The van der Waals surface area contributed by atoms with Gasteiger partial charge in [-0.25, -0.2) is 9.97 Å². The predicted molar refractivity (Wildman–Crippen MR) is 102 cm³/mol. The van der Waals surface area contributed by atoms with Crippen LogP contribution in [0.15, 0.2) is 66.9 Å². The van der Waals surface area contributed by atoms with Crippen molar-refractivity contribution in [2.24, 2.45) is 0 Å². The summed E-state index contributed by atoms with van der Waals surface area (Å²) in [6.45, 7) is 1.92. The molecule has 0 aliphatic carbocycles. The molecular formula is C20H15N3OS. The average molecular weight is 345 g/mol. The Morgan fingerprint density at radius 1 is 1.00 bits per heavy atom. The van der Waals surface area contributed by atoms with Crippen molar-refractivity contribution in [2.75, 3.05) is 5.32 Å². The van der Waals surface area contributed by atoms with Crippen molar-refractivity contribution in [3.8, 4) is 10.6 Å². The van der Waals surface area contributed by atoms with Gasteiger partial charge in [-0.15, -0.1) is 11.3 Å². The number of carbonyl (C=O) groups is 1. The molecule has 0 radical (unpaired) electrons. The van der Waals surface area contributed by atoms with Crippen LogP contribution in [0, 0.1) is 6.92 Å². The van der Waals surface area contributed by atoms with E-state index in [-0.39, 0.29) is 5.91 Å². The van der Waals surface area contributed by atoms with E-state index in [0.29, 0.717) is 11.4 Å². The molecule has 1 amide bonds. The first-order chi connectivity index (χ1) is 12.2. The third kappa shape index (κ3) is 3.14. The van der Waals surface area contributed by atoms with Crippen LogP contribution >= 0.6 is 11.3 Å². The fourth-order valence-electron chi connectivity index (χ4n) is 2.60. The topological polar surface area (TPSA) is 54.9 Å². The first kappa shape index (κ1) is 15.5. The number of nitrogens with one attached hydrogen (secondary N) is 1. The molecule has 0 spiro atoms. The Balaban J connectivity index is 1.56. The van der Waals surface area contributed by atoms with Crippen LogP contribution in [0.4, 0.5) is 5.82 Å². The van der Waals surface area contributed by atoms with E-state index in [2.05, 4.69) is 21.4 Å². The number of benzene rings is 2. The maximum atomic E-state index is 12.3. The zero-order chi connectivity index (χ0) is 17.2. The fourth-order valence-corrected chi connectivity index (χ4v) is 3.56. The number of thiazole rings is 1. The van der Waals surface area contributed by atoms with Gasteiger partial charge < -0.3 is 5.32 Å². The van der Waals surface area contributed by atoms with E-state index in [4.69, 9.17) is 0 Å². The molecule has 4 nitrogen and oxygen atoms in total. The van der Waals surface area contributed by atoms with Crippen LogP contribution in [0.2, 0.25) is 0 Å². The third-order valence-corrected chi connectivity index (χ3v) is 5.02. The van der Waals surface area contributed by atoms with Gasteiger partial charge in [0, 0.05) is 17.3 Å². The Kier molecular flexibility index (Phi) is 3.99. The summed E-state index contributed by atoms with van der Waals surface area (Å²) >= 11 is 1.63. The number of carbonyl (C=O) groups excluding carboxylic acids is 1. The standard InChI is InChI=1S/C20H15N3OS/c1-13-6-2-3-7-15(13)19(24)23-18-11-10-14(12-21-18)20-22-16-8-4-5-9-17(16)25-20/h2-12H,1H3,(H,21,23,24). The van der Waals surface area contributed by atoms with Gasteiger partial charge in [0.15, 0.2) is 0 Å². The number of rotatable bonds is 3. The lowest BCUT2D eigenvalue weighted by Gasteiger charge is -2.07. The Morgan fingerprint density at radius 2 is 1.80 bits per heavy atom. The molecule has 2 aromatic carbocycles. The van der Waals surface area contributed by atoms with E-state index in [0.717, 1.165) is 26.4 Å². The Hall–Kier alpha value is -3.05. The fraction of sp³-hybridized carbons (Fsp3) is 0.0500. The molecule has 0 bridgehead atoms. The van der Waals surface area contributed by atoms with Crippen molar-refractivity contribution in [1.29, 1.82) is 0 Å². The van der Waals surface area contributed by atoms with Crippen molar-refractivity contribution in [1.82, 2.24) is 9.97 Å². The molecule has 0 aliphatic heterocycles. The minimum absolute atomic E-state index is 0.154. The average Bonchev–Trinajstić information content (AvgIpc) is 3.07. The highest BCUT2D eigenvalue weighted by atomic mass is 32.1. The minimum atomic E-state index is -0.154. The number of pyridine rings is 1. The largest absolute Gasteiger partial charge is 0.307 e. The van der Waals surface area contributed by atoms with Gasteiger partial charge >= 0.3 is 0 Å². The molecule has 0 unspecified atom stereocenters. The van der Waals surface area contributed by atoms with Gasteiger partial charge in [0.25, 0.3) is 5.91 Å². The van der Waals surface area contributed by atoms with Crippen LogP contribution in [0.1, 0.15) is 15.9 Å². The first-order valence-electron chi connectivity index (χ1n) is 7.90. The number of hydrogen-bond donors (Lipinski definition) is 1. The second kappa shape index (κ2) is 6.45. The highest BCUT2D eigenvalue weighted by Gasteiger charge is 2.10. The Labute approximate surface area is 149 Å². The van der Waals surface area contributed by atoms with E-state index in [9.17, 15) is 4.79 Å². The zero-order valence-corrected chi connectivity index (χ0v) is 14.4. The molecule has 122 valence electrons. The smallest absolute Gasteiger partial charge is 0.257 e. The second-order valence-corrected chi connectivity index (χ2v) is 6.72. The summed E-state index contributed by atoms with van der Waals surface area (Å²) in [5, 5.41) is 3.76. The van der Waals surface area contributed by atoms with E-state index < -0.39 is 0 Å². The lowest BCUT2D eigenvalue weighted by Crippen LogP contribution is -2.14. The summed E-state index contributed by atoms with van der Waals surface area (Å²) in [5.74, 6) is 0.372. The molecule has 2 aromatic heterocycles. The number of nitrogens with zero attached hydrogens (tertiary/aromatic N) is 2. The van der Waals surface area contributed by atoms with Crippen LogP contribution in [0.5, 0.6) is 0 Å². The SMILES string of the molecule is Cc1ccccc1C(=O)Nc1ccc(-c2nc3ccccc3s2)cn1. The summed E-state index contributed by atoms with van der Waals surface area (Å²) < 4.78 is 1.15. The lowest BCUT2D eigenvalue weighted by molar-refractivity contribution is 0.102. The Morgan fingerprint density at radius 3 is 2.56 bits per heavy atom. The summed E-state index contributed by atoms with van der Waals surface area (Å²) in [6.07, 6.45) is 1.74. The highest BCUT2D eigenvalue weighted by Crippen LogP contribution is 2.29. The quantitative estimate of drug-likeness (QED) is 0.573. The molecule has 0 atom stereocenters. The van der Waals surface area contributed by atoms with Crippen molar-refractivity contribution in [3.63, 3.8) is 0 Å². The van der Waals surface area contributed by atoms with Crippen LogP contribution in [0.25, 0.3) is 20.8 Å². The van der Waals surface area contributed by atoms with Gasteiger partial charge in [-0.2, -0.15) is 0 Å². The van der Waals surface area contributed by atoms with Gasteiger partial charge in [0.05, 0.1) is 10.2 Å². The maximum absolute atomic E-state index is 12.3. The van der Waals surface area contributed by atoms with Crippen molar-refractivity contribution < 1.29 is 4.79 Å². The lowest BCUT2D eigenvalue weighted by atomic mass is 10.1. The number of para-hydroxylation sites is 1.